The van der Waals surface area contributed by atoms with Gasteiger partial charge in [-0.3, -0.25) is 0 Å². The number of hydrazine groups is 1. The Morgan fingerprint density at radius 2 is 1.31 bits per heavy atom. The van der Waals surface area contributed by atoms with E-state index in [4.69, 9.17) is 0 Å². The Hall–Kier alpha value is -0.160. The molecule has 0 aliphatic carbocycles. The van der Waals surface area contributed by atoms with Crippen LogP contribution in [0.2, 0.25) is 0 Å². The van der Waals surface area contributed by atoms with Crippen molar-refractivity contribution in [1.29, 1.82) is 0 Å². The molecule has 0 aromatic heterocycles. The molecule has 2 atom stereocenters. The van der Waals surface area contributed by atoms with Gasteiger partial charge in [0.25, 0.3) is 0 Å². The number of nitrogens with zero attached hydrogens (tertiary/aromatic N) is 2. The van der Waals surface area contributed by atoms with Crippen molar-refractivity contribution in [2.45, 2.75) is 18.5 Å². The summed E-state index contributed by atoms with van der Waals surface area (Å²) in [6, 6.07) is 0. The zero-order chi connectivity index (χ0) is 9.90. The van der Waals surface area contributed by atoms with E-state index in [-0.39, 0.29) is 0 Å². The number of hydrogen-bond acceptors (Lipinski definition) is 4. The van der Waals surface area contributed by atoms with Gasteiger partial charge < -0.3 is 10.6 Å². The topological polar surface area (TPSA) is 30.1 Å². The Morgan fingerprint density at radius 3 is 1.54 bits per heavy atom. The summed E-state index contributed by atoms with van der Waals surface area (Å²) in [5.41, 5.74) is 0.312. The summed E-state index contributed by atoms with van der Waals surface area (Å²) in [6.07, 6.45) is 2.39. The highest BCUT2D eigenvalue weighted by Gasteiger charge is 2.54. The first-order valence-corrected chi connectivity index (χ1v) is 4.96. The summed E-state index contributed by atoms with van der Waals surface area (Å²) in [4.78, 5) is 0. The van der Waals surface area contributed by atoms with Crippen molar-refractivity contribution in [1.82, 2.24) is 20.7 Å². The van der Waals surface area contributed by atoms with Crippen LogP contribution in [0, 0.1) is 0 Å². The van der Waals surface area contributed by atoms with Crippen molar-refractivity contribution in [2.24, 2.45) is 0 Å². The highest BCUT2D eigenvalue weighted by atomic mass is 15.9. The molecule has 0 radical (unpaired) electrons. The van der Waals surface area contributed by atoms with Crippen molar-refractivity contribution in [2.75, 3.05) is 41.3 Å². The third-order valence-corrected chi connectivity index (χ3v) is 3.17. The van der Waals surface area contributed by atoms with Crippen LogP contribution in [0.5, 0.6) is 0 Å². The van der Waals surface area contributed by atoms with Gasteiger partial charge >= 0.3 is 0 Å². The summed E-state index contributed by atoms with van der Waals surface area (Å²) in [5, 5.41) is 11.1. The van der Waals surface area contributed by atoms with Gasteiger partial charge in [0, 0.05) is 14.1 Å². The zero-order valence-electron chi connectivity index (χ0n) is 9.22. The van der Waals surface area contributed by atoms with Crippen LogP contribution in [0.1, 0.15) is 12.8 Å². The summed E-state index contributed by atoms with van der Waals surface area (Å²) in [6.45, 7) is 2.16. The largest absolute Gasteiger partial charge is 0.320 e. The molecule has 1 aliphatic heterocycles. The molecule has 0 aromatic carbocycles. The van der Waals surface area contributed by atoms with Gasteiger partial charge in [0.05, 0.1) is 0 Å². The normalized spacial score (nSPS) is 30.5. The Kier molecular flexibility index (Phi) is 3.67. The lowest BCUT2D eigenvalue weighted by Crippen LogP contribution is -2.28. The molecule has 0 spiro atoms. The molecule has 2 unspecified atom stereocenters. The van der Waals surface area contributed by atoms with Gasteiger partial charge in [-0.1, -0.05) is 0 Å². The molecule has 1 saturated heterocycles. The smallest absolute Gasteiger partial charge is 0.102 e. The molecule has 78 valence electrons. The first-order chi connectivity index (χ1) is 6.19. The van der Waals surface area contributed by atoms with Gasteiger partial charge in [-0.2, -0.15) is 0 Å². The molecule has 13 heavy (non-hydrogen) atoms. The van der Waals surface area contributed by atoms with E-state index in [0.29, 0.717) is 5.66 Å². The third kappa shape index (κ3) is 2.02. The monoisotopic (exact) mass is 186 g/mol. The summed E-state index contributed by atoms with van der Waals surface area (Å²) >= 11 is 0. The molecule has 0 amide bonds. The number of hydrogen-bond donors (Lipinski definition) is 2. The average molecular weight is 186 g/mol. The predicted octanol–water partition coefficient (Wildman–Crippen LogP) is -0.306. The molecule has 0 bridgehead atoms. The van der Waals surface area contributed by atoms with Gasteiger partial charge in [0.1, 0.15) is 5.66 Å². The van der Waals surface area contributed by atoms with Crippen LogP contribution in [0.3, 0.4) is 0 Å². The van der Waals surface area contributed by atoms with E-state index in [2.05, 4.69) is 34.7 Å². The van der Waals surface area contributed by atoms with E-state index in [1.165, 1.54) is 12.8 Å². The fourth-order valence-electron chi connectivity index (χ4n) is 1.97. The SMILES string of the molecule is CNCCC1(CCNC)N(C)N1C. The number of nitrogens with one attached hydrogen (secondary N) is 2. The minimum Gasteiger partial charge on any atom is -0.320 e. The molecule has 2 N–H and O–H groups in total. The Balaban J connectivity index is 2.38. The Morgan fingerprint density at radius 1 is 0.923 bits per heavy atom. The van der Waals surface area contributed by atoms with Gasteiger partial charge in [0.15, 0.2) is 0 Å². The summed E-state index contributed by atoms with van der Waals surface area (Å²) in [5.74, 6) is 0. The molecular formula is C9H22N4. The second-order valence-corrected chi connectivity index (χ2v) is 3.74. The molecule has 4 nitrogen and oxygen atoms in total. The summed E-state index contributed by atoms with van der Waals surface area (Å²) in [7, 11) is 8.33. The summed E-state index contributed by atoms with van der Waals surface area (Å²) < 4.78 is 0. The van der Waals surface area contributed by atoms with Gasteiger partial charge in [-0.15, -0.1) is 0 Å². The molecule has 1 fully saturated rings. The fraction of sp³-hybridized carbons (Fsp3) is 1.00. The van der Waals surface area contributed by atoms with Crippen LogP contribution in [-0.2, 0) is 0 Å². The van der Waals surface area contributed by atoms with Gasteiger partial charge in [0.2, 0.25) is 0 Å². The van der Waals surface area contributed by atoms with Crippen molar-refractivity contribution in [3.05, 3.63) is 0 Å². The molecule has 1 heterocycles. The van der Waals surface area contributed by atoms with Crippen molar-refractivity contribution in [3.63, 3.8) is 0 Å². The Bertz CT molecular complexity index is 142. The first-order valence-electron chi connectivity index (χ1n) is 4.96. The highest BCUT2D eigenvalue weighted by Crippen LogP contribution is 2.40. The van der Waals surface area contributed by atoms with E-state index in [1.807, 2.05) is 14.1 Å². The fourth-order valence-corrected chi connectivity index (χ4v) is 1.97. The molecule has 0 aromatic rings. The van der Waals surface area contributed by atoms with Crippen LogP contribution < -0.4 is 10.6 Å². The van der Waals surface area contributed by atoms with Crippen molar-refractivity contribution in [3.8, 4) is 0 Å². The second kappa shape index (κ2) is 4.37. The predicted molar refractivity (Wildman–Crippen MR) is 55.3 cm³/mol. The highest BCUT2D eigenvalue weighted by molar-refractivity contribution is 4.97. The lowest BCUT2D eigenvalue weighted by Gasteiger charge is -2.13. The van der Waals surface area contributed by atoms with E-state index in [1.54, 1.807) is 0 Å². The van der Waals surface area contributed by atoms with E-state index >= 15 is 0 Å². The molecule has 0 saturated carbocycles. The second-order valence-electron chi connectivity index (χ2n) is 3.74. The third-order valence-electron chi connectivity index (χ3n) is 3.17. The van der Waals surface area contributed by atoms with Crippen molar-refractivity contribution >= 4 is 0 Å². The minimum absolute atomic E-state index is 0.312. The van der Waals surface area contributed by atoms with Crippen LogP contribution in [0.4, 0.5) is 0 Å². The van der Waals surface area contributed by atoms with Crippen LogP contribution in [-0.4, -0.2) is 57.0 Å². The maximum absolute atomic E-state index is 3.21. The molecule has 1 rings (SSSR count). The molecular weight excluding hydrogens is 164 g/mol. The van der Waals surface area contributed by atoms with E-state index < -0.39 is 0 Å². The van der Waals surface area contributed by atoms with E-state index in [0.717, 1.165) is 13.1 Å². The van der Waals surface area contributed by atoms with E-state index in [9.17, 15) is 0 Å². The van der Waals surface area contributed by atoms with Crippen LogP contribution in [0.25, 0.3) is 0 Å². The average Bonchev–Trinajstić information content (AvgIpc) is 2.65. The minimum atomic E-state index is 0.312. The first kappa shape index (κ1) is 10.9. The molecule has 4 heteroatoms. The van der Waals surface area contributed by atoms with Crippen LogP contribution >= 0.6 is 0 Å². The standard InChI is InChI=1S/C9H22N4/c1-10-7-5-9(6-8-11-2)12(3)13(9)4/h10-11H,5-8H2,1-4H3. The lowest BCUT2D eigenvalue weighted by molar-refractivity contribution is 0.397. The molecule has 1 aliphatic rings. The van der Waals surface area contributed by atoms with Crippen molar-refractivity contribution < 1.29 is 0 Å². The van der Waals surface area contributed by atoms with Gasteiger partial charge in [-0.25, -0.2) is 10.0 Å². The quantitative estimate of drug-likeness (QED) is 0.557. The van der Waals surface area contributed by atoms with Gasteiger partial charge in [-0.05, 0) is 40.0 Å². The zero-order valence-corrected chi connectivity index (χ0v) is 9.22. The Labute approximate surface area is 81.2 Å². The van der Waals surface area contributed by atoms with Crippen LogP contribution in [0.15, 0.2) is 0 Å². The number of rotatable bonds is 6. The maximum Gasteiger partial charge on any atom is 0.102 e. The lowest BCUT2D eigenvalue weighted by atomic mass is 10.1. The maximum atomic E-state index is 3.21.